The molecule has 4 amide bonds. The van der Waals surface area contributed by atoms with E-state index in [1.807, 2.05) is 36.4 Å². The molecule has 1 unspecified atom stereocenters. The SMILES string of the molecule is CN1CC(=O)N2[C@@H](c3ccccc3)C(=O)N(C3C=CCC3)C[C@@H]2N1C(=O)NCc1ccc(F)cc1. The van der Waals surface area contributed by atoms with Crippen molar-refractivity contribution in [3.05, 3.63) is 83.7 Å². The van der Waals surface area contributed by atoms with Gasteiger partial charge in [0.15, 0.2) is 0 Å². The minimum absolute atomic E-state index is 0.0274. The van der Waals surface area contributed by atoms with Crippen molar-refractivity contribution in [2.24, 2.45) is 0 Å². The van der Waals surface area contributed by atoms with Crippen molar-refractivity contribution in [3.63, 3.8) is 0 Å². The first-order valence-corrected chi connectivity index (χ1v) is 11.8. The quantitative estimate of drug-likeness (QED) is 0.687. The lowest BCUT2D eigenvalue weighted by Gasteiger charge is -2.55. The molecule has 0 bridgehead atoms. The number of nitrogens with one attached hydrogen (secondary N) is 1. The Kier molecular flexibility index (Phi) is 6.25. The van der Waals surface area contributed by atoms with Gasteiger partial charge >= 0.3 is 6.03 Å². The van der Waals surface area contributed by atoms with E-state index in [9.17, 15) is 18.8 Å². The van der Waals surface area contributed by atoms with Gasteiger partial charge in [-0.2, -0.15) is 0 Å². The molecule has 1 aliphatic carbocycles. The number of carbonyl (C=O) groups is 3. The van der Waals surface area contributed by atoms with Gasteiger partial charge < -0.3 is 15.1 Å². The Hall–Kier alpha value is -3.72. The first-order chi connectivity index (χ1) is 16.9. The Balaban J connectivity index is 1.46. The molecule has 2 saturated heterocycles. The number of allylic oxidation sites excluding steroid dienone is 1. The van der Waals surface area contributed by atoms with E-state index in [0.29, 0.717) is 0 Å². The molecule has 2 aromatic rings. The van der Waals surface area contributed by atoms with Crippen molar-refractivity contribution in [2.75, 3.05) is 20.1 Å². The first kappa shape index (κ1) is 23.0. The van der Waals surface area contributed by atoms with Gasteiger partial charge in [-0.3, -0.25) is 9.59 Å². The van der Waals surface area contributed by atoms with Gasteiger partial charge in [-0.15, -0.1) is 0 Å². The molecule has 2 aromatic carbocycles. The Morgan fingerprint density at radius 1 is 1.09 bits per heavy atom. The largest absolute Gasteiger partial charge is 0.334 e. The number of fused-ring (bicyclic) bond motifs is 1. The maximum absolute atomic E-state index is 13.7. The molecular weight excluding hydrogens is 449 g/mol. The monoisotopic (exact) mass is 477 g/mol. The number of benzene rings is 2. The van der Waals surface area contributed by atoms with Gasteiger partial charge in [-0.25, -0.2) is 19.2 Å². The standard InChI is InChI=1S/C26H28FN5O3/c1-29-17-23(33)31-22(32(29)26(35)28-15-18-11-13-20(27)14-12-18)16-30(21-9-5-6-10-21)25(34)24(31)19-7-3-2-4-8-19/h2-5,7-9,11-14,21-22,24H,6,10,15-17H2,1H3,(H,28,35)/t21?,22-,24-/m0/s1. The molecule has 0 saturated carbocycles. The summed E-state index contributed by atoms with van der Waals surface area (Å²) < 4.78 is 13.2. The summed E-state index contributed by atoms with van der Waals surface area (Å²) in [5.74, 6) is -0.678. The molecule has 3 atom stereocenters. The van der Waals surface area contributed by atoms with Gasteiger partial charge in [-0.1, -0.05) is 54.6 Å². The predicted octanol–water partition coefficient (Wildman–Crippen LogP) is 2.65. The highest BCUT2D eigenvalue weighted by Gasteiger charge is 2.52. The smallest absolute Gasteiger partial charge is 0.333 e. The summed E-state index contributed by atoms with van der Waals surface area (Å²) in [6, 6.07) is 13.9. The fourth-order valence-corrected chi connectivity index (χ4v) is 5.15. The molecule has 0 spiro atoms. The zero-order valence-corrected chi connectivity index (χ0v) is 19.5. The van der Waals surface area contributed by atoms with Gasteiger partial charge in [-0.05, 0) is 36.1 Å². The number of likely N-dealkylation sites (N-methyl/N-ethyl adjacent to an activating group) is 1. The van der Waals surface area contributed by atoms with E-state index in [4.69, 9.17) is 0 Å². The van der Waals surface area contributed by atoms with Gasteiger partial charge in [0.25, 0.3) is 5.91 Å². The normalized spacial score (nSPS) is 24.6. The fraction of sp³-hybridized carbons (Fsp3) is 0.346. The number of amides is 4. The molecule has 5 rings (SSSR count). The van der Waals surface area contributed by atoms with Crippen molar-refractivity contribution >= 4 is 17.8 Å². The third-order valence-corrected chi connectivity index (χ3v) is 6.85. The van der Waals surface area contributed by atoms with Gasteiger partial charge in [0, 0.05) is 13.6 Å². The van der Waals surface area contributed by atoms with Gasteiger partial charge in [0.2, 0.25) is 5.91 Å². The van der Waals surface area contributed by atoms with E-state index in [-0.39, 0.29) is 49.3 Å². The van der Waals surface area contributed by atoms with Crippen LogP contribution in [-0.4, -0.2) is 70.0 Å². The number of hydrazine groups is 1. The summed E-state index contributed by atoms with van der Waals surface area (Å²) in [5.41, 5.74) is 1.48. The van der Waals surface area contributed by atoms with Crippen LogP contribution >= 0.6 is 0 Å². The maximum atomic E-state index is 13.7. The van der Waals surface area contributed by atoms with E-state index in [0.717, 1.165) is 24.0 Å². The van der Waals surface area contributed by atoms with Crippen LogP contribution in [0.15, 0.2) is 66.7 Å². The number of rotatable bonds is 4. The molecule has 8 nitrogen and oxygen atoms in total. The molecule has 2 aliphatic heterocycles. The van der Waals surface area contributed by atoms with Crippen LogP contribution in [-0.2, 0) is 16.1 Å². The second-order valence-corrected chi connectivity index (χ2v) is 9.10. The van der Waals surface area contributed by atoms with Crippen molar-refractivity contribution < 1.29 is 18.8 Å². The van der Waals surface area contributed by atoms with E-state index in [1.54, 1.807) is 34.0 Å². The van der Waals surface area contributed by atoms with E-state index in [2.05, 4.69) is 11.4 Å². The van der Waals surface area contributed by atoms with Crippen molar-refractivity contribution in [2.45, 2.75) is 37.6 Å². The lowest BCUT2D eigenvalue weighted by Crippen LogP contribution is -2.74. The molecule has 182 valence electrons. The number of piperazine rings is 1. The highest BCUT2D eigenvalue weighted by atomic mass is 19.1. The van der Waals surface area contributed by atoms with Crippen LogP contribution < -0.4 is 5.32 Å². The first-order valence-electron chi connectivity index (χ1n) is 11.8. The van der Waals surface area contributed by atoms with Crippen LogP contribution in [0.4, 0.5) is 9.18 Å². The Morgan fingerprint density at radius 3 is 2.51 bits per heavy atom. The van der Waals surface area contributed by atoms with E-state index in [1.165, 1.54) is 17.1 Å². The fourth-order valence-electron chi connectivity index (χ4n) is 5.15. The van der Waals surface area contributed by atoms with E-state index >= 15 is 0 Å². The molecule has 3 aliphatic rings. The summed E-state index contributed by atoms with van der Waals surface area (Å²) in [4.78, 5) is 43.8. The lowest BCUT2D eigenvalue weighted by molar-refractivity contribution is -0.189. The highest BCUT2D eigenvalue weighted by molar-refractivity contribution is 5.92. The minimum Gasteiger partial charge on any atom is -0.333 e. The minimum atomic E-state index is -0.808. The molecular formula is C26H28FN5O3. The third kappa shape index (κ3) is 4.39. The summed E-state index contributed by atoms with van der Waals surface area (Å²) >= 11 is 0. The van der Waals surface area contributed by atoms with Crippen LogP contribution in [0, 0.1) is 5.82 Å². The van der Waals surface area contributed by atoms with Crippen molar-refractivity contribution in [1.82, 2.24) is 25.1 Å². The van der Waals surface area contributed by atoms with Crippen LogP contribution in [0.1, 0.15) is 30.0 Å². The third-order valence-electron chi connectivity index (χ3n) is 6.85. The number of hydrogen-bond acceptors (Lipinski definition) is 4. The summed E-state index contributed by atoms with van der Waals surface area (Å²) in [7, 11) is 1.69. The summed E-state index contributed by atoms with van der Waals surface area (Å²) in [5, 5.41) is 6.01. The summed E-state index contributed by atoms with van der Waals surface area (Å²) in [6.45, 7) is 0.401. The molecule has 9 heteroatoms. The molecule has 0 radical (unpaired) electrons. The van der Waals surface area contributed by atoms with Crippen molar-refractivity contribution in [1.29, 1.82) is 0 Å². The molecule has 35 heavy (non-hydrogen) atoms. The predicted molar refractivity (Wildman–Crippen MR) is 127 cm³/mol. The Bertz CT molecular complexity index is 1140. The van der Waals surface area contributed by atoms with Crippen LogP contribution in [0.25, 0.3) is 0 Å². The lowest BCUT2D eigenvalue weighted by atomic mass is 9.97. The van der Waals surface area contributed by atoms with Crippen LogP contribution in [0.3, 0.4) is 0 Å². The molecule has 1 N–H and O–H groups in total. The molecule has 2 heterocycles. The maximum Gasteiger partial charge on any atom is 0.334 e. The second kappa shape index (κ2) is 9.50. The number of hydrogen-bond donors (Lipinski definition) is 1. The van der Waals surface area contributed by atoms with Crippen molar-refractivity contribution in [3.8, 4) is 0 Å². The topological polar surface area (TPSA) is 76.2 Å². The summed E-state index contributed by atoms with van der Waals surface area (Å²) in [6.07, 6.45) is 5.14. The average Bonchev–Trinajstić information content (AvgIpc) is 3.39. The van der Waals surface area contributed by atoms with E-state index < -0.39 is 12.2 Å². The number of nitrogens with zero attached hydrogens (tertiary/aromatic N) is 4. The van der Waals surface area contributed by atoms with Crippen LogP contribution in [0.5, 0.6) is 0 Å². The van der Waals surface area contributed by atoms with Gasteiger partial charge in [0.1, 0.15) is 18.0 Å². The number of carbonyl (C=O) groups excluding carboxylic acids is 3. The average molecular weight is 478 g/mol. The number of urea groups is 1. The molecule has 2 fully saturated rings. The highest BCUT2D eigenvalue weighted by Crippen LogP contribution is 2.36. The van der Waals surface area contributed by atoms with Gasteiger partial charge in [0.05, 0.1) is 19.1 Å². The Labute approximate surface area is 203 Å². The van der Waals surface area contributed by atoms with Crippen LogP contribution in [0.2, 0.25) is 0 Å². The Morgan fingerprint density at radius 2 is 1.83 bits per heavy atom. The number of halogens is 1. The zero-order chi connectivity index (χ0) is 24.5. The zero-order valence-electron chi connectivity index (χ0n) is 19.5. The molecule has 0 aromatic heterocycles. The second-order valence-electron chi connectivity index (χ2n) is 9.10.